The van der Waals surface area contributed by atoms with E-state index in [2.05, 4.69) is 31.5 Å². The van der Waals surface area contributed by atoms with E-state index in [4.69, 9.17) is 4.74 Å². The summed E-state index contributed by atoms with van der Waals surface area (Å²) in [6.07, 6.45) is 0. The number of carbonyl (C=O) groups is 1. The number of ether oxygens (including phenoxy) is 1. The van der Waals surface area contributed by atoms with Crippen LogP contribution in [0.5, 0.6) is 5.75 Å². The van der Waals surface area contributed by atoms with Crippen molar-refractivity contribution < 1.29 is 9.53 Å². The van der Waals surface area contributed by atoms with Gasteiger partial charge in [-0.1, -0.05) is 52.1 Å². The van der Waals surface area contributed by atoms with Crippen LogP contribution in [0.25, 0.3) is 15.8 Å². The monoisotopic (exact) mass is 484 g/mol. The van der Waals surface area contributed by atoms with Gasteiger partial charge >= 0.3 is 0 Å². The van der Waals surface area contributed by atoms with Gasteiger partial charge in [-0.25, -0.2) is 4.98 Å². The standard InChI is InChI=1S/C23H20N2O2S4/c1-13-20-15-11-14(27-4)9-10-17(15)25(23(2,3)21(20)31-30-13)19(26)12-28-22-24-16-7-5-6-8-18(16)29-22/h5-11H,1,12H2,2-4H3. The van der Waals surface area contributed by atoms with Crippen molar-refractivity contribution in [3.8, 4) is 5.75 Å². The third-order valence-electron chi connectivity index (χ3n) is 5.40. The van der Waals surface area contributed by atoms with Crippen molar-refractivity contribution in [3.63, 3.8) is 0 Å². The zero-order chi connectivity index (χ0) is 21.8. The van der Waals surface area contributed by atoms with Crippen LogP contribution >= 0.6 is 44.7 Å². The zero-order valence-corrected chi connectivity index (χ0v) is 20.6. The second-order valence-electron chi connectivity index (χ2n) is 7.70. The molecule has 158 valence electrons. The first-order chi connectivity index (χ1) is 14.9. The Labute approximate surface area is 197 Å². The molecule has 0 saturated carbocycles. The Balaban J connectivity index is 1.50. The molecule has 0 unspecified atom stereocenters. The molecule has 0 bridgehead atoms. The summed E-state index contributed by atoms with van der Waals surface area (Å²) in [6, 6.07) is 14.0. The van der Waals surface area contributed by atoms with E-state index in [0.717, 1.165) is 42.0 Å². The van der Waals surface area contributed by atoms with Gasteiger partial charge in [0, 0.05) is 20.9 Å². The van der Waals surface area contributed by atoms with Crippen molar-refractivity contribution in [2.24, 2.45) is 0 Å². The molecule has 2 aliphatic rings. The molecular formula is C23H20N2O2S4. The summed E-state index contributed by atoms with van der Waals surface area (Å²) in [6.45, 7) is 8.48. The maximum absolute atomic E-state index is 13.6. The molecule has 4 nitrogen and oxygen atoms in total. The Morgan fingerprint density at radius 3 is 2.81 bits per heavy atom. The largest absolute Gasteiger partial charge is 0.497 e. The lowest BCUT2D eigenvalue weighted by Crippen LogP contribution is -2.51. The molecule has 0 aliphatic carbocycles. The molecule has 0 radical (unpaired) electrons. The van der Waals surface area contributed by atoms with Crippen LogP contribution in [-0.2, 0) is 4.79 Å². The van der Waals surface area contributed by atoms with Crippen molar-refractivity contribution in [3.05, 3.63) is 64.4 Å². The zero-order valence-electron chi connectivity index (χ0n) is 17.3. The number of aromatic nitrogens is 1. The summed E-state index contributed by atoms with van der Waals surface area (Å²) in [5, 5.41) is 0. The summed E-state index contributed by atoms with van der Waals surface area (Å²) < 4.78 is 7.52. The van der Waals surface area contributed by atoms with Crippen LogP contribution in [0.2, 0.25) is 0 Å². The minimum atomic E-state index is -0.459. The summed E-state index contributed by atoms with van der Waals surface area (Å²) in [7, 11) is 5.03. The number of hydrogen-bond acceptors (Lipinski definition) is 7. The number of thiazole rings is 1. The van der Waals surface area contributed by atoms with Gasteiger partial charge in [0.2, 0.25) is 5.91 Å². The van der Waals surface area contributed by atoms with Gasteiger partial charge in [-0.05, 0) is 44.2 Å². The number of benzene rings is 2. The fourth-order valence-electron chi connectivity index (χ4n) is 3.97. The first-order valence-electron chi connectivity index (χ1n) is 9.68. The van der Waals surface area contributed by atoms with Gasteiger partial charge in [0.05, 0.1) is 34.3 Å². The van der Waals surface area contributed by atoms with Gasteiger partial charge < -0.3 is 9.64 Å². The van der Waals surface area contributed by atoms with Gasteiger partial charge in [0.15, 0.2) is 4.34 Å². The molecule has 8 heteroatoms. The highest BCUT2D eigenvalue weighted by Gasteiger charge is 2.46. The van der Waals surface area contributed by atoms with Crippen LogP contribution in [0.1, 0.15) is 19.4 Å². The minimum absolute atomic E-state index is 0.0651. The summed E-state index contributed by atoms with van der Waals surface area (Å²) in [4.78, 5) is 22.4. The van der Waals surface area contributed by atoms with E-state index in [1.165, 1.54) is 16.7 Å². The van der Waals surface area contributed by atoms with E-state index in [9.17, 15) is 4.79 Å². The van der Waals surface area contributed by atoms with Crippen LogP contribution in [0.3, 0.4) is 0 Å². The predicted octanol–water partition coefficient (Wildman–Crippen LogP) is 6.84. The van der Waals surface area contributed by atoms with Crippen LogP contribution in [-0.4, -0.2) is 29.3 Å². The average Bonchev–Trinajstić information content (AvgIpc) is 3.35. The number of thioether (sulfide) groups is 1. The Kier molecular flexibility index (Phi) is 5.37. The van der Waals surface area contributed by atoms with Crippen LogP contribution < -0.4 is 9.64 Å². The van der Waals surface area contributed by atoms with Gasteiger partial charge in [0.1, 0.15) is 5.75 Å². The average molecular weight is 485 g/mol. The molecule has 1 amide bonds. The molecule has 0 fully saturated rings. The van der Waals surface area contributed by atoms with Crippen molar-refractivity contribution in [1.82, 2.24) is 4.98 Å². The van der Waals surface area contributed by atoms with E-state index in [-0.39, 0.29) is 5.91 Å². The molecule has 0 saturated heterocycles. The number of carbonyl (C=O) groups excluding carboxylic acids is 1. The van der Waals surface area contributed by atoms with Crippen molar-refractivity contribution >= 4 is 72.1 Å². The molecular weight excluding hydrogens is 465 g/mol. The van der Waals surface area contributed by atoms with Crippen molar-refractivity contribution in [1.29, 1.82) is 0 Å². The number of fused-ring (bicyclic) bond motifs is 3. The highest BCUT2D eigenvalue weighted by Crippen LogP contribution is 2.61. The number of para-hydroxylation sites is 1. The Morgan fingerprint density at radius 1 is 1.23 bits per heavy atom. The van der Waals surface area contributed by atoms with E-state index < -0.39 is 5.54 Å². The molecule has 31 heavy (non-hydrogen) atoms. The summed E-state index contributed by atoms with van der Waals surface area (Å²) >= 11 is 3.13. The molecule has 2 aromatic carbocycles. The molecule has 5 rings (SSSR count). The molecule has 0 N–H and O–H groups in total. The van der Waals surface area contributed by atoms with Gasteiger partial charge in [-0.3, -0.25) is 4.79 Å². The Morgan fingerprint density at radius 2 is 2.03 bits per heavy atom. The third-order valence-corrected chi connectivity index (χ3v) is 10.3. The maximum atomic E-state index is 13.6. The third kappa shape index (κ3) is 3.50. The molecule has 3 aromatic rings. The van der Waals surface area contributed by atoms with Crippen LogP contribution in [0.4, 0.5) is 5.69 Å². The van der Waals surface area contributed by atoms with Gasteiger partial charge in [-0.2, -0.15) is 0 Å². The lowest BCUT2D eigenvalue weighted by molar-refractivity contribution is -0.116. The van der Waals surface area contributed by atoms with E-state index in [1.807, 2.05) is 41.3 Å². The van der Waals surface area contributed by atoms with E-state index in [0.29, 0.717) is 5.75 Å². The fourth-order valence-corrected chi connectivity index (χ4v) is 8.71. The lowest BCUT2D eigenvalue weighted by atomic mass is 9.87. The number of hydrogen-bond donors (Lipinski definition) is 0. The summed E-state index contributed by atoms with van der Waals surface area (Å²) in [5.74, 6) is 1.17. The SMILES string of the molecule is C=C1SSC2=C1c1cc(OC)ccc1N(C(=O)CSc1nc3ccccc3s1)C2(C)C. The molecule has 2 aliphatic heterocycles. The first kappa shape index (κ1) is 21.0. The molecule has 1 aromatic heterocycles. The van der Waals surface area contributed by atoms with Gasteiger partial charge in [0.25, 0.3) is 0 Å². The molecule has 3 heterocycles. The number of nitrogens with zero attached hydrogens (tertiary/aromatic N) is 2. The van der Waals surface area contributed by atoms with E-state index in [1.54, 1.807) is 40.0 Å². The fraction of sp³-hybridized carbons (Fsp3) is 0.217. The quantitative estimate of drug-likeness (QED) is 0.298. The number of rotatable bonds is 4. The number of methoxy groups -OCH3 is 1. The highest BCUT2D eigenvalue weighted by molar-refractivity contribution is 8.80. The summed E-state index contributed by atoms with van der Waals surface area (Å²) in [5.41, 5.74) is 3.57. The molecule has 0 atom stereocenters. The number of allylic oxidation sites excluding steroid dienone is 1. The maximum Gasteiger partial charge on any atom is 0.238 e. The minimum Gasteiger partial charge on any atom is -0.497 e. The topological polar surface area (TPSA) is 42.4 Å². The normalized spacial score (nSPS) is 17.1. The Hall–Kier alpha value is -1.87. The van der Waals surface area contributed by atoms with Crippen LogP contribution in [0.15, 0.2) is 63.2 Å². The van der Waals surface area contributed by atoms with Crippen molar-refractivity contribution in [2.45, 2.75) is 23.7 Å². The highest BCUT2D eigenvalue weighted by atomic mass is 33.1. The first-order valence-corrected chi connectivity index (χ1v) is 13.6. The van der Waals surface area contributed by atoms with Crippen molar-refractivity contribution in [2.75, 3.05) is 17.8 Å². The van der Waals surface area contributed by atoms with E-state index >= 15 is 0 Å². The van der Waals surface area contributed by atoms with Crippen LogP contribution in [0, 0.1) is 0 Å². The number of anilines is 1. The second-order valence-corrected chi connectivity index (χ2v) is 12.2. The lowest BCUT2D eigenvalue weighted by Gasteiger charge is -2.44. The second kappa shape index (κ2) is 7.92. The number of amides is 1. The molecule has 0 spiro atoms. The smallest absolute Gasteiger partial charge is 0.238 e. The predicted molar refractivity (Wildman–Crippen MR) is 136 cm³/mol. The Bertz CT molecular complexity index is 1230. The van der Waals surface area contributed by atoms with Gasteiger partial charge in [-0.15, -0.1) is 11.3 Å².